The molecular formula is C20H17F3. The number of alkyl halides is 3. The second-order valence-electron chi connectivity index (χ2n) is 6.52. The number of hydrogen-bond donors (Lipinski definition) is 0. The number of benzene rings is 3. The van der Waals surface area contributed by atoms with Gasteiger partial charge in [-0.3, -0.25) is 0 Å². The third-order valence-corrected chi connectivity index (χ3v) is 5.09. The van der Waals surface area contributed by atoms with E-state index in [-0.39, 0.29) is 0 Å². The highest BCUT2D eigenvalue weighted by molar-refractivity contribution is 6.09. The second kappa shape index (κ2) is 4.98. The van der Waals surface area contributed by atoms with Crippen molar-refractivity contribution in [3.05, 3.63) is 59.2 Å². The molecule has 4 rings (SSSR count). The molecule has 0 aromatic heterocycles. The van der Waals surface area contributed by atoms with Crippen LogP contribution in [0.4, 0.5) is 13.2 Å². The number of halogens is 3. The Bertz CT molecular complexity index is 906. The summed E-state index contributed by atoms with van der Waals surface area (Å²) in [6.07, 6.45) is -0.850. The lowest BCUT2D eigenvalue weighted by atomic mass is 9.81. The molecule has 0 saturated carbocycles. The highest BCUT2D eigenvalue weighted by Gasteiger charge is 2.30. The quantitative estimate of drug-likeness (QED) is 0.418. The summed E-state index contributed by atoms with van der Waals surface area (Å²) < 4.78 is 38.7. The maximum Gasteiger partial charge on any atom is 0.416 e. The van der Waals surface area contributed by atoms with Crippen LogP contribution >= 0.6 is 0 Å². The van der Waals surface area contributed by atoms with Gasteiger partial charge in [-0.1, -0.05) is 37.3 Å². The van der Waals surface area contributed by atoms with Crippen molar-refractivity contribution < 1.29 is 13.2 Å². The zero-order valence-electron chi connectivity index (χ0n) is 12.9. The van der Waals surface area contributed by atoms with Crippen LogP contribution in [0.25, 0.3) is 21.5 Å². The van der Waals surface area contributed by atoms with E-state index in [0.29, 0.717) is 11.3 Å². The molecule has 0 heterocycles. The minimum absolute atomic E-state index is 0.562. The zero-order chi connectivity index (χ0) is 16.2. The molecule has 1 aliphatic rings. The van der Waals surface area contributed by atoms with Crippen LogP contribution < -0.4 is 0 Å². The van der Waals surface area contributed by atoms with Gasteiger partial charge in [0.1, 0.15) is 0 Å². The summed E-state index contributed by atoms with van der Waals surface area (Å²) in [5.74, 6) is 0.562. The first-order valence-electron chi connectivity index (χ1n) is 8.00. The SMILES string of the molecule is CC1CCCc2c1ccc1c2ccc2cc(C(F)(F)F)ccc21. The Morgan fingerprint density at radius 3 is 2.43 bits per heavy atom. The van der Waals surface area contributed by atoms with Gasteiger partial charge in [0.15, 0.2) is 0 Å². The van der Waals surface area contributed by atoms with Gasteiger partial charge in [-0.25, -0.2) is 0 Å². The molecule has 23 heavy (non-hydrogen) atoms. The van der Waals surface area contributed by atoms with Crippen molar-refractivity contribution in [3.8, 4) is 0 Å². The van der Waals surface area contributed by atoms with Crippen LogP contribution in [-0.4, -0.2) is 0 Å². The Morgan fingerprint density at radius 2 is 1.65 bits per heavy atom. The van der Waals surface area contributed by atoms with E-state index in [4.69, 9.17) is 0 Å². The maximum absolute atomic E-state index is 12.9. The minimum Gasteiger partial charge on any atom is -0.166 e. The summed E-state index contributed by atoms with van der Waals surface area (Å²) in [6.45, 7) is 2.25. The van der Waals surface area contributed by atoms with E-state index in [0.717, 1.165) is 17.2 Å². The van der Waals surface area contributed by atoms with Gasteiger partial charge in [0.2, 0.25) is 0 Å². The molecule has 0 saturated heterocycles. The van der Waals surface area contributed by atoms with Crippen LogP contribution in [0.2, 0.25) is 0 Å². The van der Waals surface area contributed by atoms with Crippen LogP contribution in [0.3, 0.4) is 0 Å². The molecule has 0 amide bonds. The molecule has 1 aliphatic carbocycles. The highest BCUT2D eigenvalue weighted by atomic mass is 19.4. The molecule has 0 N–H and O–H groups in total. The Hall–Kier alpha value is -2.03. The summed E-state index contributed by atoms with van der Waals surface area (Å²) in [7, 11) is 0. The predicted octanol–water partition coefficient (Wildman–Crippen LogP) is 6.45. The fourth-order valence-electron chi connectivity index (χ4n) is 3.88. The van der Waals surface area contributed by atoms with E-state index in [9.17, 15) is 13.2 Å². The largest absolute Gasteiger partial charge is 0.416 e. The maximum atomic E-state index is 12.9. The minimum atomic E-state index is -4.30. The van der Waals surface area contributed by atoms with Crippen LogP contribution in [0.5, 0.6) is 0 Å². The second-order valence-corrected chi connectivity index (χ2v) is 6.52. The van der Waals surface area contributed by atoms with Crippen LogP contribution in [0, 0.1) is 0 Å². The highest BCUT2D eigenvalue weighted by Crippen LogP contribution is 2.39. The molecule has 0 nitrogen and oxygen atoms in total. The first-order valence-corrected chi connectivity index (χ1v) is 8.00. The number of aryl methyl sites for hydroxylation is 1. The van der Waals surface area contributed by atoms with Crippen molar-refractivity contribution in [2.75, 3.05) is 0 Å². The van der Waals surface area contributed by atoms with Gasteiger partial charge in [0.25, 0.3) is 0 Å². The topological polar surface area (TPSA) is 0 Å². The average Bonchev–Trinajstić information content (AvgIpc) is 2.53. The van der Waals surface area contributed by atoms with E-state index in [1.165, 1.54) is 41.5 Å². The number of rotatable bonds is 0. The molecule has 3 heteroatoms. The summed E-state index contributed by atoms with van der Waals surface area (Å²) in [5.41, 5.74) is 2.19. The van der Waals surface area contributed by atoms with Gasteiger partial charge < -0.3 is 0 Å². The number of hydrogen-bond acceptors (Lipinski definition) is 0. The van der Waals surface area contributed by atoms with Crippen LogP contribution in [0.15, 0.2) is 42.5 Å². The molecule has 3 aromatic rings. The van der Waals surface area contributed by atoms with Crippen molar-refractivity contribution >= 4 is 21.5 Å². The fourth-order valence-corrected chi connectivity index (χ4v) is 3.88. The lowest BCUT2D eigenvalue weighted by Gasteiger charge is -2.24. The molecular weight excluding hydrogens is 297 g/mol. The normalized spacial score (nSPS) is 18.3. The molecule has 1 unspecified atom stereocenters. The smallest absolute Gasteiger partial charge is 0.166 e. The van der Waals surface area contributed by atoms with Crippen LogP contribution in [-0.2, 0) is 12.6 Å². The first kappa shape index (κ1) is 14.6. The molecule has 1 atom stereocenters. The fraction of sp³-hybridized carbons (Fsp3) is 0.300. The predicted molar refractivity (Wildman–Crippen MR) is 87.8 cm³/mol. The van der Waals surface area contributed by atoms with Gasteiger partial charge in [-0.2, -0.15) is 13.2 Å². The summed E-state index contributed by atoms with van der Waals surface area (Å²) in [5, 5.41) is 3.80. The zero-order valence-corrected chi connectivity index (χ0v) is 12.9. The number of fused-ring (bicyclic) bond motifs is 5. The monoisotopic (exact) mass is 314 g/mol. The first-order chi connectivity index (χ1) is 10.9. The standard InChI is InChI=1S/C20H17F3/c1-12-3-2-4-17-15(12)9-10-18-16-8-6-14(20(21,22)23)11-13(16)5-7-19(17)18/h5-12H,2-4H2,1H3. The molecule has 0 spiro atoms. The van der Waals surface area contributed by atoms with Gasteiger partial charge >= 0.3 is 6.18 Å². The Kier molecular flexibility index (Phi) is 3.15. The third kappa shape index (κ3) is 2.30. The molecule has 0 aliphatic heterocycles. The van der Waals surface area contributed by atoms with Crippen LogP contribution in [0.1, 0.15) is 42.4 Å². The molecule has 118 valence electrons. The Labute approximate surface area is 132 Å². The lowest BCUT2D eigenvalue weighted by Crippen LogP contribution is -2.07. The molecule has 3 aromatic carbocycles. The van der Waals surface area contributed by atoms with Gasteiger partial charge in [-0.05, 0) is 70.0 Å². The van der Waals surface area contributed by atoms with Gasteiger partial charge in [-0.15, -0.1) is 0 Å². The Morgan fingerprint density at radius 1 is 0.913 bits per heavy atom. The van der Waals surface area contributed by atoms with Crippen molar-refractivity contribution in [1.29, 1.82) is 0 Å². The van der Waals surface area contributed by atoms with Gasteiger partial charge in [0.05, 0.1) is 5.56 Å². The van der Waals surface area contributed by atoms with E-state index in [2.05, 4.69) is 19.1 Å². The van der Waals surface area contributed by atoms with E-state index in [1.807, 2.05) is 12.1 Å². The van der Waals surface area contributed by atoms with Crippen molar-refractivity contribution in [3.63, 3.8) is 0 Å². The van der Waals surface area contributed by atoms with E-state index < -0.39 is 11.7 Å². The summed E-state index contributed by atoms with van der Waals surface area (Å²) >= 11 is 0. The van der Waals surface area contributed by atoms with E-state index >= 15 is 0 Å². The third-order valence-electron chi connectivity index (χ3n) is 5.09. The van der Waals surface area contributed by atoms with Crippen molar-refractivity contribution in [2.45, 2.75) is 38.3 Å². The summed E-state index contributed by atoms with van der Waals surface area (Å²) in [4.78, 5) is 0. The van der Waals surface area contributed by atoms with E-state index in [1.54, 1.807) is 6.07 Å². The van der Waals surface area contributed by atoms with Crippen molar-refractivity contribution in [1.82, 2.24) is 0 Å². The molecule has 0 bridgehead atoms. The van der Waals surface area contributed by atoms with Crippen molar-refractivity contribution in [2.24, 2.45) is 0 Å². The summed E-state index contributed by atoms with van der Waals surface area (Å²) in [6, 6.07) is 12.1. The Balaban J connectivity index is 1.99. The lowest BCUT2D eigenvalue weighted by molar-refractivity contribution is -0.137. The molecule has 0 radical (unpaired) electrons. The molecule has 0 fully saturated rings. The average molecular weight is 314 g/mol. The van der Waals surface area contributed by atoms with Gasteiger partial charge in [0, 0.05) is 0 Å².